The van der Waals surface area contributed by atoms with E-state index in [1.807, 2.05) is 38.1 Å². The minimum absolute atomic E-state index is 0.0965. The summed E-state index contributed by atoms with van der Waals surface area (Å²) in [5.41, 5.74) is 1.99. The summed E-state index contributed by atoms with van der Waals surface area (Å²) >= 11 is 5.88. The molecule has 22 heavy (non-hydrogen) atoms. The molecule has 114 valence electrons. The molecule has 1 atom stereocenters. The zero-order valence-corrected chi connectivity index (χ0v) is 12.9. The van der Waals surface area contributed by atoms with Crippen LogP contribution in [-0.4, -0.2) is 19.7 Å². The number of aryl methyl sites for hydroxylation is 1. The maximum absolute atomic E-state index is 12.0. The van der Waals surface area contributed by atoms with Crippen LogP contribution >= 0.6 is 11.6 Å². The van der Waals surface area contributed by atoms with Crippen LogP contribution in [0.15, 0.2) is 33.9 Å². The molecule has 0 aliphatic heterocycles. The molecule has 7 heteroatoms. The number of benzene rings is 1. The van der Waals surface area contributed by atoms with Crippen LogP contribution < -0.4 is 11.2 Å². The molecular formula is C15H15ClN4O2. The molecule has 3 aromatic rings. The summed E-state index contributed by atoms with van der Waals surface area (Å²) in [5.74, 6) is 0.0965. The van der Waals surface area contributed by atoms with Gasteiger partial charge in [-0.2, -0.15) is 5.10 Å². The van der Waals surface area contributed by atoms with Gasteiger partial charge in [-0.15, -0.1) is 11.6 Å². The van der Waals surface area contributed by atoms with Crippen LogP contribution in [-0.2, 0) is 5.88 Å². The Morgan fingerprint density at radius 3 is 2.55 bits per heavy atom. The summed E-state index contributed by atoms with van der Waals surface area (Å²) in [5, 5.41) is 4.73. The number of aromatic amines is 2. The highest BCUT2D eigenvalue weighted by Gasteiger charge is 2.19. The van der Waals surface area contributed by atoms with Crippen molar-refractivity contribution in [3.8, 4) is 0 Å². The van der Waals surface area contributed by atoms with E-state index in [0.717, 1.165) is 11.1 Å². The monoisotopic (exact) mass is 318 g/mol. The van der Waals surface area contributed by atoms with E-state index >= 15 is 0 Å². The van der Waals surface area contributed by atoms with Crippen LogP contribution in [0.1, 0.15) is 29.8 Å². The molecule has 0 aliphatic carbocycles. The molecular weight excluding hydrogens is 304 g/mol. The Hall–Kier alpha value is -2.34. The third-order valence-electron chi connectivity index (χ3n) is 3.72. The zero-order valence-electron chi connectivity index (χ0n) is 12.2. The van der Waals surface area contributed by atoms with Crippen molar-refractivity contribution < 1.29 is 0 Å². The summed E-state index contributed by atoms with van der Waals surface area (Å²) < 4.78 is 1.63. The molecule has 0 fully saturated rings. The summed E-state index contributed by atoms with van der Waals surface area (Å²) in [4.78, 5) is 28.4. The molecule has 2 N–H and O–H groups in total. The van der Waals surface area contributed by atoms with Gasteiger partial charge in [-0.1, -0.05) is 29.8 Å². The number of fused-ring (bicyclic) bond motifs is 1. The van der Waals surface area contributed by atoms with Crippen molar-refractivity contribution in [3.05, 3.63) is 61.9 Å². The van der Waals surface area contributed by atoms with Gasteiger partial charge >= 0.3 is 5.69 Å². The third kappa shape index (κ3) is 2.35. The normalized spacial score (nSPS) is 12.7. The molecule has 3 rings (SSSR count). The van der Waals surface area contributed by atoms with Gasteiger partial charge < -0.3 is 0 Å². The van der Waals surface area contributed by atoms with Crippen molar-refractivity contribution in [2.75, 3.05) is 0 Å². The van der Waals surface area contributed by atoms with Crippen LogP contribution in [0.5, 0.6) is 0 Å². The number of halogens is 1. The fourth-order valence-corrected chi connectivity index (χ4v) is 2.69. The topological polar surface area (TPSA) is 83.5 Å². The lowest BCUT2D eigenvalue weighted by Crippen LogP contribution is -2.23. The van der Waals surface area contributed by atoms with E-state index in [4.69, 9.17) is 11.6 Å². The molecule has 6 nitrogen and oxygen atoms in total. The lowest BCUT2D eigenvalue weighted by Gasteiger charge is -2.13. The van der Waals surface area contributed by atoms with Gasteiger partial charge in [-0.25, -0.2) is 9.48 Å². The Kier molecular flexibility index (Phi) is 3.62. The maximum atomic E-state index is 12.0. The average molecular weight is 319 g/mol. The molecule has 2 heterocycles. The van der Waals surface area contributed by atoms with Gasteiger partial charge in [0.15, 0.2) is 0 Å². The van der Waals surface area contributed by atoms with Gasteiger partial charge in [0.2, 0.25) is 0 Å². The van der Waals surface area contributed by atoms with Gasteiger partial charge in [-0.05, 0) is 19.4 Å². The Bertz CT molecular complexity index is 937. The fourth-order valence-electron chi connectivity index (χ4n) is 2.50. The van der Waals surface area contributed by atoms with Gasteiger partial charge in [-0.3, -0.25) is 14.8 Å². The van der Waals surface area contributed by atoms with E-state index < -0.39 is 11.2 Å². The Balaban J connectivity index is 2.24. The third-order valence-corrected chi connectivity index (χ3v) is 3.98. The number of hydrogen-bond acceptors (Lipinski definition) is 3. The summed E-state index contributed by atoms with van der Waals surface area (Å²) in [6.07, 6.45) is 0. The van der Waals surface area contributed by atoms with Crippen LogP contribution in [0, 0.1) is 6.92 Å². The minimum atomic E-state index is -0.559. The first-order valence-corrected chi connectivity index (χ1v) is 7.41. The number of nitrogens with one attached hydrogen (secondary N) is 2. The average Bonchev–Trinajstić information content (AvgIpc) is 2.86. The Morgan fingerprint density at radius 2 is 1.91 bits per heavy atom. The number of H-pyrrole nitrogens is 2. The van der Waals surface area contributed by atoms with E-state index in [-0.39, 0.29) is 11.9 Å². The van der Waals surface area contributed by atoms with Gasteiger partial charge in [0, 0.05) is 0 Å². The zero-order chi connectivity index (χ0) is 15.9. The van der Waals surface area contributed by atoms with Crippen LogP contribution in [0.3, 0.4) is 0 Å². The summed E-state index contributed by atoms with van der Waals surface area (Å²) in [6, 6.07) is 7.88. The molecule has 1 unspecified atom stereocenters. The SMILES string of the molecule is Cc1ccc(C(C)n2nc(CCl)c3c(=O)[nH]c(=O)[nH]c32)cc1. The second-order valence-corrected chi connectivity index (χ2v) is 5.51. The lowest BCUT2D eigenvalue weighted by molar-refractivity contribution is 0.573. The van der Waals surface area contributed by atoms with Crippen molar-refractivity contribution in [1.82, 2.24) is 19.7 Å². The quantitative estimate of drug-likeness (QED) is 0.725. The molecule has 0 saturated carbocycles. The lowest BCUT2D eigenvalue weighted by atomic mass is 10.1. The second-order valence-electron chi connectivity index (χ2n) is 5.24. The predicted molar refractivity (Wildman–Crippen MR) is 85.5 cm³/mol. The second kappa shape index (κ2) is 5.46. The minimum Gasteiger partial charge on any atom is -0.292 e. The first-order chi connectivity index (χ1) is 10.5. The largest absolute Gasteiger partial charge is 0.327 e. The Morgan fingerprint density at radius 1 is 1.23 bits per heavy atom. The van der Waals surface area contributed by atoms with Gasteiger partial charge in [0.05, 0.1) is 17.6 Å². The van der Waals surface area contributed by atoms with Crippen molar-refractivity contribution >= 4 is 22.6 Å². The molecule has 0 bridgehead atoms. The van der Waals surface area contributed by atoms with Gasteiger partial charge in [0.1, 0.15) is 11.0 Å². The number of alkyl halides is 1. The van der Waals surface area contributed by atoms with E-state index in [9.17, 15) is 9.59 Å². The first-order valence-electron chi connectivity index (χ1n) is 6.87. The molecule has 0 aliphatic rings. The van der Waals surface area contributed by atoms with Crippen molar-refractivity contribution in [1.29, 1.82) is 0 Å². The summed E-state index contributed by atoms with van der Waals surface area (Å²) in [6.45, 7) is 3.97. The standard InChI is InChI=1S/C15H15ClN4O2/c1-8-3-5-10(6-4-8)9(2)20-13-12(11(7-16)19-20)14(21)18-15(22)17-13/h3-6,9H,7H2,1-2H3,(H2,17,18,21,22). The molecule has 2 aromatic heterocycles. The maximum Gasteiger partial charge on any atom is 0.327 e. The first kappa shape index (κ1) is 14.6. The van der Waals surface area contributed by atoms with E-state index in [1.54, 1.807) is 4.68 Å². The fraction of sp³-hybridized carbons (Fsp3) is 0.267. The highest BCUT2D eigenvalue weighted by Crippen LogP contribution is 2.23. The Labute approximate surface area is 130 Å². The van der Waals surface area contributed by atoms with E-state index in [2.05, 4.69) is 15.1 Å². The highest BCUT2D eigenvalue weighted by molar-refractivity contribution is 6.17. The predicted octanol–water partition coefficient (Wildman–Crippen LogP) is 2.07. The van der Waals surface area contributed by atoms with E-state index in [0.29, 0.717) is 16.7 Å². The smallest absolute Gasteiger partial charge is 0.292 e. The number of hydrogen-bond donors (Lipinski definition) is 2. The van der Waals surface area contributed by atoms with Crippen LogP contribution in [0.2, 0.25) is 0 Å². The van der Waals surface area contributed by atoms with Crippen molar-refractivity contribution in [2.45, 2.75) is 25.8 Å². The van der Waals surface area contributed by atoms with Crippen LogP contribution in [0.25, 0.3) is 11.0 Å². The van der Waals surface area contributed by atoms with E-state index in [1.165, 1.54) is 0 Å². The highest BCUT2D eigenvalue weighted by atomic mass is 35.5. The summed E-state index contributed by atoms with van der Waals surface area (Å²) in [7, 11) is 0. The molecule has 0 amide bonds. The number of nitrogens with zero attached hydrogens (tertiary/aromatic N) is 2. The molecule has 0 radical (unpaired) electrons. The number of rotatable bonds is 3. The van der Waals surface area contributed by atoms with Crippen molar-refractivity contribution in [3.63, 3.8) is 0 Å². The molecule has 0 saturated heterocycles. The molecule has 1 aromatic carbocycles. The van der Waals surface area contributed by atoms with Crippen molar-refractivity contribution in [2.24, 2.45) is 0 Å². The number of aromatic nitrogens is 4. The van der Waals surface area contributed by atoms with Gasteiger partial charge in [0.25, 0.3) is 5.56 Å². The van der Waals surface area contributed by atoms with Crippen LogP contribution in [0.4, 0.5) is 0 Å². The molecule has 0 spiro atoms.